The number of benzene rings is 4. The van der Waals surface area contributed by atoms with Gasteiger partial charge < -0.3 is 19.3 Å². The van der Waals surface area contributed by atoms with Crippen molar-refractivity contribution in [1.82, 2.24) is 29.4 Å². The van der Waals surface area contributed by atoms with Crippen LogP contribution in [0.25, 0.3) is 21.8 Å². The first-order valence-electron chi connectivity index (χ1n) is 19.4. The highest BCUT2D eigenvalue weighted by Gasteiger charge is 2.31. The zero-order valence-corrected chi connectivity index (χ0v) is 34.6. The molecule has 2 aromatic heterocycles. The van der Waals surface area contributed by atoms with E-state index in [2.05, 4.69) is 0 Å². The van der Waals surface area contributed by atoms with Crippen LogP contribution in [0.3, 0.4) is 0 Å². The molecule has 12 nitrogen and oxygen atoms in total. The number of hydrogen-bond acceptors (Lipinski definition) is 8. The van der Waals surface area contributed by atoms with Crippen LogP contribution < -0.4 is 9.47 Å². The summed E-state index contributed by atoms with van der Waals surface area (Å²) in [6, 6.07) is 30.1. The maximum atomic E-state index is 14.5. The van der Waals surface area contributed by atoms with Crippen LogP contribution >= 0.6 is 0 Å². The minimum Gasteiger partial charge on any atom is -0.497 e. The van der Waals surface area contributed by atoms with Crippen LogP contribution in [0.2, 0.25) is 0 Å². The van der Waals surface area contributed by atoms with Gasteiger partial charge in [-0.25, -0.2) is 0 Å². The first-order chi connectivity index (χ1) is 27.6. The van der Waals surface area contributed by atoms with Gasteiger partial charge in [0.1, 0.15) is 36.0 Å². The fourth-order valence-corrected chi connectivity index (χ4v) is 6.74. The smallest absolute Gasteiger partial charge is 0.244 e. The molecule has 0 atom stereocenters. The lowest BCUT2D eigenvalue weighted by Gasteiger charge is -2.28. The van der Waals surface area contributed by atoms with E-state index in [1.807, 2.05) is 102 Å². The van der Waals surface area contributed by atoms with Crippen LogP contribution in [0.15, 0.2) is 97.1 Å². The van der Waals surface area contributed by atoms with E-state index >= 15 is 0 Å². The summed E-state index contributed by atoms with van der Waals surface area (Å²) in [5.74, 6) is 0.393. The highest BCUT2D eigenvalue weighted by atomic mass is 16.5. The third-order valence-corrected chi connectivity index (χ3v) is 10.1. The summed E-state index contributed by atoms with van der Waals surface area (Å²) in [4.78, 5) is 59.5. The number of carbonyl (C=O) groups excluding carboxylic acids is 4. The number of aromatic nitrogens is 4. The summed E-state index contributed by atoms with van der Waals surface area (Å²) in [6.07, 6.45) is 0. The van der Waals surface area contributed by atoms with Crippen LogP contribution in [0.5, 0.6) is 11.5 Å². The molecule has 0 aliphatic carbocycles. The lowest BCUT2D eigenvalue weighted by atomic mass is 9.88. The topological polar surface area (TPSA) is 129 Å². The van der Waals surface area contributed by atoms with Gasteiger partial charge in [0.25, 0.3) is 0 Å². The number of nitrogens with zero attached hydrogens (tertiary/aromatic N) is 6. The van der Waals surface area contributed by atoms with Crippen molar-refractivity contribution in [3.05, 3.63) is 120 Å². The summed E-state index contributed by atoms with van der Waals surface area (Å²) in [5, 5.41) is 10.7. The molecule has 0 saturated heterocycles. The SMILES string of the molecule is COc1ccc2c(C(=O)C(C)(C)C)nn(CC(=O)N(CCN(Cc3ccccc3)C(=O)Cn3nc(C(=O)C(C)(C)C)c4ccc(OC)cc43)Cc3ccccc3)c2c1. The third-order valence-electron chi connectivity index (χ3n) is 10.1. The fraction of sp³-hybridized carbons (Fsp3) is 0.348. The number of fused-ring (bicyclic) bond motifs is 2. The number of hydrogen-bond donors (Lipinski definition) is 0. The second-order valence-corrected chi connectivity index (χ2v) is 16.5. The number of amides is 2. The lowest BCUT2D eigenvalue weighted by Crippen LogP contribution is -2.42. The van der Waals surface area contributed by atoms with Gasteiger partial charge in [-0.3, -0.25) is 28.5 Å². The molecular weight excluding hydrogens is 733 g/mol. The van der Waals surface area contributed by atoms with Crippen LogP contribution in [-0.2, 0) is 35.8 Å². The Morgan fingerprint density at radius 3 is 1.24 bits per heavy atom. The summed E-state index contributed by atoms with van der Waals surface area (Å²) < 4.78 is 14.1. The minimum absolute atomic E-state index is 0.136. The monoisotopic (exact) mass is 784 g/mol. The largest absolute Gasteiger partial charge is 0.497 e. The molecule has 0 radical (unpaired) electrons. The summed E-state index contributed by atoms with van der Waals surface area (Å²) in [7, 11) is 3.13. The van der Waals surface area contributed by atoms with Crippen molar-refractivity contribution in [3.63, 3.8) is 0 Å². The highest BCUT2D eigenvalue weighted by Crippen LogP contribution is 2.31. The molecule has 2 heterocycles. The van der Waals surface area contributed by atoms with Gasteiger partial charge in [-0.2, -0.15) is 10.2 Å². The van der Waals surface area contributed by atoms with Crippen molar-refractivity contribution < 1.29 is 28.7 Å². The van der Waals surface area contributed by atoms with Crippen LogP contribution in [-0.4, -0.2) is 80.1 Å². The Kier molecular flexibility index (Phi) is 12.2. The molecule has 0 aliphatic rings. The molecule has 6 rings (SSSR count). The number of rotatable bonds is 15. The Hall–Kier alpha value is -6.30. The first kappa shape index (κ1) is 41.3. The maximum Gasteiger partial charge on any atom is 0.244 e. The average molecular weight is 785 g/mol. The van der Waals surface area contributed by atoms with Gasteiger partial charge in [-0.1, -0.05) is 102 Å². The summed E-state index contributed by atoms with van der Waals surface area (Å²) >= 11 is 0. The van der Waals surface area contributed by atoms with Gasteiger partial charge in [0, 0.05) is 59.9 Å². The minimum atomic E-state index is -0.692. The number of Topliss-reactive ketones (excluding diaryl/α,β-unsaturated/α-hetero) is 2. The van der Waals surface area contributed by atoms with Crippen LogP contribution in [0, 0.1) is 10.8 Å². The van der Waals surface area contributed by atoms with Gasteiger partial charge in [-0.15, -0.1) is 0 Å². The highest BCUT2D eigenvalue weighted by molar-refractivity contribution is 6.09. The first-order valence-corrected chi connectivity index (χ1v) is 19.4. The lowest BCUT2D eigenvalue weighted by molar-refractivity contribution is -0.136. The molecular formula is C46H52N6O6. The zero-order chi connectivity index (χ0) is 41.8. The molecule has 0 spiro atoms. The Morgan fingerprint density at radius 1 is 0.552 bits per heavy atom. The summed E-state index contributed by atoms with van der Waals surface area (Å²) in [5.41, 5.74) is 2.25. The van der Waals surface area contributed by atoms with Crippen LogP contribution in [0.1, 0.15) is 73.6 Å². The van der Waals surface area contributed by atoms with E-state index in [-0.39, 0.29) is 62.6 Å². The number of ketones is 2. The van der Waals surface area contributed by atoms with E-state index in [9.17, 15) is 19.2 Å². The van der Waals surface area contributed by atoms with Gasteiger partial charge in [-0.05, 0) is 35.4 Å². The van der Waals surface area contributed by atoms with Crippen molar-refractivity contribution in [2.45, 2.75) is 67.7 Å². The average Bonchev–Trinajstić information content (AvgIpc) is 3.74. The molecule has 58 heavy (non-hydrogen) atoms. The second-order valence-electron chi connectivity index (χ2n) is 16.5. The van der Waals surface area contributed by atoms with E-state index in [0.717, 1.165) is 11.1 Å². The van der Waals surface area contributed by atoms with Gasteiger partial charge >= 0.3 is 0 Å². The summed E-state index contributed by atoms with van der Waals surface area (Å²) in [6.45, 7) is 11.7. The molecule has 0 N–H and O–H groups in total. The Bertz CT molecular complexity index is 2270. The molecule has 0 unspecified atom stereocenters. The number of ether oxygens (including phenoxy) is 2. The van der Waals surface area contributed by atoms with E-state index in [1.165, 1.54) is 0 Å². The number of methoxy groups -OCH3 is 2. The molecule has 2 amide bonds. The van der Waals surface area contributed by atoms with E-state index in [4.69, 9.17) is 19.7 Å². The molecule has 0 saturated carbocycles. The zero-order valence-electron chi connectivity index (χ0n) is 34.6. The molecule has 12 heteroatoms. The molecule has 302 valence electrons. The molecule has 0 bridgehead atoms. The van der Waals surface area contributed by atoms with Crippen molar-refractivity contribution in [2.24, 2.45) is 10.8 Å². The Balaban J connectivity index is 1.33. The molecule has 0 fully saturated rings. The van der Waals surface area contributed by atoms with Gasteiger partial charge in [0.15, 0.2) is 11.6 Å². The fourth-order valence-electron chi connectivity index (χ4n) is 6.74. The van der Waals surface area contributed by atoms with Crippen molar-refractivity contribution in [2.75, 3.05) is 27.3 Å². The maximum absolute atomic E-state index is 14.5. The predicted octanol–water partition coefficient (Wildman–Crippen LogP) is 7.62. The van der Waals surface area contributed by atoms with Crippen LogP contribution in [0.4, 0.5) is 0 Å². The Labute approximate surface area is 339 Å². The van der Waals surface area contributed by atoms with Crippen molar-refractivity contribution >= 4 is 45.2 Å². The molecule has 4 aromatic carbocycles. The quantitative estimate of drug-likeness (QED) is 0.0974. The molecule has 6 aromatic rings. The normalized spacial score (nSPS) is 11.8. The van der Waals surface area contributed by atoms with Gasteiger partial charge in [0.2, 0.25) is 11.8 Å². The molecule has 0 aliphatic heterocycles. The third kappa shape index (κ3) is 9.28. The van der Waals surface area contributed by atoms with E-state index in [1.54, 1.807) is 69.8 Å². The Morgan fingerprint density at radius 2 is 0.914 bits per heavy atom. The van der Waals surface area contributed by atoms with E-state index < -0.39 is 10.8 Å². The van der Waals surface area contributed by atoms with Crippen molar-refractivity contribution in [1.29, 1.82) is 0 Å². The second kappa shape index (κ2) is 17.1. The number of carbonyl (C=O) groups is 4. The van der Waals surface area contributed by atoms with Crippen molar-refractivity contribution in [3.8, 4) is 11.5 Å². The predicted molar refractivity (Wildman–Crippen MR) is 224 cm³/mol. The van der Waals surface area contributed by atoms with Gasteiger partial charge in [0.05, 0.1) is 25.3 Å². The van der Waals surface area contributed by atoms with E-state index in [0.29, 0.717) is 44.7 Å². The standard InChI is InChI=1S/C46H52N6O6/c1-45(2,3)43(55)41-35-21-19-33(57-7)25-37(35)51(47-41)29-39(53)49(27-31-15-11-9-12-16-31)23-24-50(28-32-17-13-10-14-18-32)40(54)30-52-38-26-34(58-8)20-22-36(38)42(48-52)44(56)46(4,5)6/h9-22,25-26H,23-24,27-30H2,1-8H3.